The minimum Gasteiger partial charge on any atom is -0.423 e. The standard InChI is InChI=1S/C15H17NO7/c17-6-10-13(19)14(20)12(15(21)23-10)16-8-3-1-7-2-4-11(18)22-9(7)5-8/h1-5,10,12-17,19-21H,6H2/t10?,12?,13-,14-,15-/m0/s1. The number of aliphatic hydroxyl groups excluding tert-OH is 4. The summed E-state index contributed by atoms with van der Waals surface area (Å²) in [4.78, 5) is 11.3. The number of hydrogen-bond donors (Lipinski definition) is 5. The molecule has 0 saturated carbocycles. The first-order chi connectivity index (χ1) is 11.0. The summed E-state index contributed by atoms with van der Waals surface area (Å²) in [6.07, 6.45) is -5.19. The third-order valence-corrected chi connectivity index (χ3v) is 3.86. The van der Waals surface area contributed by atoms with Crippen molar-refractivity contribution in [2.45, 2.75) is 30.6 Å². The Hall–Kier alpha value is -1.97. The summed E-state index contributed by atoms with van der Waals surface area (Å²) in [5.41, 5.74) is 0.321. The fourth-order valence-electron chi connectivity index (χ4n) is 2.60. The van der Waals surface area contributed by atoms with Gasteiger partial charge in [0.25, 0.3) is 0 Å². The summed E-state index contributed by atoms with van der Waals surface area (Å²) in [5, 5.41) is 42.5. The summed E-state index contributed by atoms with van der Waals surface area (Å²) < 4.78 is 10.1. The van der Waals surface area contributed by atoms with Gasteiger partial charge in [0.2, 0.25) is 0 Å². The van der Waals surface area contributed by atoms with Crippen molar-refractivity contribution in [3.05, 3.63) is 40.8 Å². The molecule has 124 valence electrons. The molecule has 2 aromatic rings. The van der Waals surface area contributed by atoms with E-state index in [9.17, 15) is 20.1 Å². The minimum absolute atomic E-state index is 0.344. The number of anilines is 1. The van der Waals surface area contributed by atoms with Gasteiger partial charge in [0.1, 0.15) is 29.9 Å². The van der Waals surface area contributed by atoms with Gasteiger partial charge in [-0.15, -0.1) is 0 Å². The van der Waals surface area contributed by atoms with Crippen molar-refractivity contribution in [2.24, 2.45) is 0 Å². The van der Waals surface area contributed by atoms with Crippen LogP contribution in [0.4, 0.5) is 5.69 Å². The Morgan fingerprint density at radius 3 is 2.57 bits per heavy atom. The van der Waals surface area contributed by atoms with Crippen molar-refractivity contribution in [1.29, 1.82) is 0 Å². The number of nitrogens with one attached hydrogen (secondary N) is 1. The van der Waals surface area contributed by atoms with Crippen LogP contribution in [0.25, 0.3) is 11.0 Å². The molecule has 2 heterocycles. The summed E-state index contributed by atoms with van der Waals surface area (Å²) >= 11 is 0. The third-order valence-electron chi connectivity index (χ3n) is 3.86. The Bertz CT molecular complexity index is 746. The molecule has 1 saturated heterocycles. The second-order valence-electron chi connectivity index (χ2n) is 5.41. The molecule has 2 unspecified atom stereocenters. The number of fused-ring (bicyclic) bond motifs is 1. The first-order valence-corrected chi connectivity index (χ1v) is 7.10. The first-order valence-electron chi connectivity index (χ1n) is 7.10. The maximum atomic E-state index is 11.3. The largest absolute Gasteiger partial charge is 0.423 e. The zero-order valence-electron chi connectivity index (χ0n) is 12.0. The van der Waals surface area contributed by atoms with E-state index in [-0.39, 0.29) is 0 Å². The predicted octanol–water partition coefficient (Wildman–Crippen LogP) is -0.995. The van der Waals surface area contributed by atoms with Crippen molar-refractivity contribution < 1.29 is 29.6 Å². The lowest BCUT2D eigenvalue weighted by atomic mass is 9.97. The Morgan fingerprint density at radius 1 is 1.09 bits per heavy atom. The lowest BCUT2D eigenvalue weighted by Gasteiger charge is -2.40. The molecular weight excluding hydrogens is 306 g/mol. The van der Waals surface area contributed by atoms with E-state index >= 15 is 0 Å². The summed E-state index contributed by atoms with van der Waals surface area (Å²) in [5.74, 6) is 0. The van der Waals surface area contributed by atoms with Crippen LogP contribution in [-0.2, 0) is 4.74 Å². The highest BCUT2D eigenvalue weighted by molar-refractivity contribution is 5.80. The first kappa shape index (κ1) is 15.9. The second-order valence-corrected chi connectivity index (χ2v) is 5.41. The van der Waals surface area contributed by atoms with Crippen LogP contribution in [0.2, 0.25) is 0 Å². The molecule has 8 heteroatoms. The van der Waals surface area contributed by atoms with E-state index in [0.29, 0.717) is 11.3 Å². The molecule has 1 fully saturated rings. The van der Waals surface area contributed by atoms with Gasteiger partial charge in [0.15, 0.2) is 6.29 Å². The zero-order valence-corrected chi connectivity index (χ0v) is 12.0. The quantitative estimate of drug-likeness (QED) is 0.455. The number of ether oxygens (including phenoxy) is 1. The topological polar surface area (TPSA) is 132 Å². The van der Waals surface area contributed by atoms with Gasteiger partial charge in [-0.2, -0.15) is 0 Å². The van der Waals surface area contributed by atoms with E-state index in [1.165, 1.54) is 6.07 Å². The highest BCUT2D eigenvalue weighted by Gasteiger charge is 2.43. The molecule has 1 aromatic carbocycles. The molecule has 8 nitrogen and oxygen atoms in total. The fourth-order valence-corrected chi connectivity index (χ4v) is 2.60. The SMILES string of the molecule is O=c1ccc2ccc(NC3[C@@H](O)OC(CO)[C@H](O)[C@H]3O)cc2o1. The maximum Gasteiger partial charge on any atom is 0.336 e. The Kier molecular flexibility index (Phi) is 4.33. The van der Waals surface area contributed by atoms with E-state index in [1.54, 1.807) is 24.3 Å². The molecule has 0 spiro atoms. The molecule has 0 aliphatic carbocycles. The smallest absolute Gasteiger partial charge is 0.336 e. The van der Waals surface area contributed by atoms with Crippen molar-refractivity contribution in [3.63, 3.8) is 0 Å². The molecule has 5 atom stereocenters. The van der Waals surface area contributed by atoms with Crippen LogP contribution < -0.4 is 10.9 Å². The number of hydrogen-bond acceptors (Lipinski definition) is 8. The van der Waals surface area contributed by atoms with Gasteiger partial charge in [-0.1, -0.05) is 0 Å². The number of benzene rings is 1. The summed E-state index contributed by atoms with van der Waals surface area (Å²) in [7, 11) is 0. The van der Waals surface area contributed by atoms with Gasteiger partial charge in [-0.05, 0) is 18.2 Å². The van der Waals surface area contributed by atoms with E-state index in [1.807, 2.05) is 0 Å². The highest BCUT2D eigenvalue weighted by Crippen LogP contribution is 2.24. The van der Waals surface area contributed by atoms with Crippen LogP contribution in [0, 0.1) is 0 Å². The Morgan fingerprint density at radius 2 is 1.83 bits per heavy atom. The molecule has 1 aromatic heterocycles. The van der Waals surface area contributed by atoms with E-state index in [4.69, 9.17) is 14.3 Å². The highest BCUT2D eigenvalue weighted by atomic mass is 16.6. The van der Waals surface area contributed by atoms with E-state index in [0.717, 1.165) is 5.39 Å². The lowest BCUT2D eigenvalue weighted by molar-refractivity contribution is -0.245. The van der Waals surface area contributed by atoms with Crippen molar-refractivity contribution in [2.75, 3.05) is 11.9 Å². The van der Waals surface area contributed by atoms with Gasteiger partial charge in [-0.3, -0.25) is 0 Å². The summed E-state index contributed by atoms with van der Waals surface area (Å²) in [6, 6.07) is 6.83. The van der Waals surface area contributed by atoms with Gasteiger partial charge >= 0.3 is 5.63 Å². The van der Waals surface area contributed by atoms with Crippen molar-refractivity contribution >= 4 is 16.7 Å². The van der Waals surface area contributed by atoms with E-state index < -0.39 is 42.9 Å². The van der Waals surface area contributed by atoms with Gasteiger partial charge < -0.3 is 34.9 Å². The van der Waals surface area contributed by atoms with Crippen LogP contribution in [0.5, 0.6) is 0 Å². The Labute approximate surface area is 130 Å². The van der Waals surface area contributed by atoms with Crippen LogP contribution in [0.3, 0.4) is 0 Å². The zero-order chi connectivity index (χ0) is 16.6. The van der Waals surface area contributed by atoms with Crippen LogP contribution in [0.1, 0.15) is 0 Å². The van der Waals surface area contributed by atoms with Gasteiger partial charge in [-0.25, -0.2) is 4.79 Å². The predicted molar refractivity (Wildman–Crippen MR) is 79.9 cm³/mol. The maximum absolute atomic E-state index is 11.3. The molecule has 23 heavy (non-hydrogen) atoms. The summed E-state index contributed by atoms with van der Waals surface area (Å²) in [6.45, 7) is -0.525. The molecule has 1 aliphatic heterocycles. The van der Waals surface area contributed by atoms with Crippen molar-refractivity contribution in [1.82, 2.24) is 0 Å². The van der Waals surface area contributed by atoms with Gasteiger partial charge in [0.05, 0.1) is 6.61 Å². The minimum atomic E-state index is -1.43. The third kappa shape index (κ3) is 3.07. The van der Waals surface area contributed by atoms with Crippen LogP contribution in [-0.4, -0.2) is 57.7 Å². The second kappa shape index (κ2) is 6.26. The van der Waals surface area contributed by atoms with Crippen LogP contribution in [0.15, 0.2) is 39.5 Å². The molecule has 0 radical (unpaired) electrons. The fraction of sp³-hybridized carbons (Fsp3) is 0.400. The van der Waals surface area contributed by atoms with E-state index in [2.05, 4.69) is 5.32 Å². The van der Waals surface area contributed by atoms with Crippen molar-refractivity contribution in [3.8, 4) is 0 Å². The molecule has 1 aliphatic rings. The normalized spacial score (nSPS) is 31.2. The molecule has 3 rings (SSSR count). The molecule has 5 N–H and O–H groups in total. The van der Waals surface area contributed by atoms with Crippen LogP contribution >= 0.6 is 0 Å². The average Bonchev–Trinajstić information content (AvgIpc) is 2.54. The molecule has 0 amide bonds. The average molecular weight is 323 g/mol. The number of aliphatic hydroxyl groups is 4. The number of rotatable bonds is 3. The molecular formula is C15H17NO7. The lowest BCUT2D eigenvalue weighted by Crippen LogP contribution is -2.61. The van der Waals surface area contributed by atoms with Gasteiger partial charge in [0, 0.05) is 23.2 Å². The monoisotopic (exact) mass is 323 g/mol. The molecule has 0 bridgehead atoms. The Balaban J connectivity index is 1.84.